The second-order valence-corrected chi connectivity index (χ2v) is 17.9. The van der Waals surface area contributed by atoms with Gasteiger partial charge in [-0.1, -0.05) is 123 Å². The number of sulfone groups is 1. The van der Waals surface area contributed by atoms with Crippen molar-refractivity contribution in [1.82, 2.24) is 29.9 Å². The second kappa shape index (κ2) is 29.2. The molecule has 11 nitrogen and oxygen atoms in total. The molecule has 6 N–H and O–H groups in total. The first kappa shape index (κ1) is 55.1. The van der Waals surface area contributed by atoms with Crippen LogP contribution in [0, 0.1) is 6.42 Å². The van der Waals surface area contributed by atoms with Gasteiger partial charge >= 0.3 is 30.0 Å². The van der Waals surface area contributed by atoms with Crippen LogP contribution >= 0.6 is 60.3 Å². The number of aromatic nitrogens is 6. The van der Waals surface area contributed by atoms with Crippen LogP contribution in [0.5, 0.6) is 0 Å². The molecule has 0 spiro atoms. The molecule has 0 radical (unpaired) electrons. The summed E-state index contributed by atoms with van der Waals surface area (Å²) in [5.74, 6) is 2.88. The number of hydrogen-bond donors (Lipinski definition) is 3. The zero-order valence-electron chi connectivity index (χ0n) is 34.4. The molecule has 0 unspecified atom stereocenters. The Morgan fingerprint density at radius 3 is 1.19 bits per heavy atom. The summed E-state index contributed by atoms with van der Waals surface area (Å²) in [6.45, 7) is 26.3. The molecule has 0 aliphatic heterocycles. The Hall–Kier alpha value is -1.03. The van der Waals surface area contributed by atoms with Gasteiger partial charge in [-0.3, -0.25) is 0 Å². The van der Waals surface area contributed by atoms with Crippen molar-refractivity contribution in [3.05, 3.63) is 39.5 Å². The first-order valence-electron chi connectivity index (χ1n) is 18.1. The van der Waals surface area contributed by atoms with E-state index in [0.29, 0.717) is 40.5 Å². The van der Waals surface area contributed by atoms with E-state index >= 15 is 0 Å². The maximum absolute atomic E-state index is 12.1. The van der Waals surface area contributed by atoms with E-state index < -0.39 is 9.84 Å². The van der Waals surface area contributed by atoms with Crippen molar-refractivity contribution >= 4 is 87.2 Å². The van der Waals surface area contributed by atoms with Gasteiger partial charge in [-0.25, -0.2) is 38.3 Å². The molecular weight excluding hydrogens is 903 g/mol. The van der Waals surface area contributed by atoms with Crippen molar-refractivity contribution in [2.24, 2.45) is 0 Å². The Morgan fingerprint density at radius 2 is 0.907 bits per heavy atom. The second-order valence-electron chi connectivity index (χ2n) is 13.1. The van der Waals surface area contributed by atoms with Crippen molar-refractivity contribution in [3.63, 3.8) is 0 Å². The zero-order valence-corrected chi connectivity index (χ0v) is 42.9. The van der Waals surface area contributed by atoms with Crippen LogP contribution in [0.3, 0.4) is 0 Å². The average molecular weight is 965 g/mol. The van der Waals surface area contributed by atoms with Gasteiger partial charge in [0.15, 0.2) is 20.6 Å². The molecule has 0 saturated heterocycles. The summed E-state index contributed by atoms with van der Waals surface area (Å²) in [4.78, 5) is 25.5. The van der Waals surface area contributed by atoms with Gasteiger partial charge < -0.3 is 23.6 Å². The number of nitrogens with two attached hydrogens (primary N) is 3. The van der Waals surface area contributed by atoms with Crippen LogP contribution in [0.1, 0.15) is 156 Å². The van der Waals surface area contributed by atoms with E-state index in [4.69, 9.17) is 40.4 Å². The summed E-state index contributed by atoms with van der Waals surface area (Å²) >= 11 is 18.9. The summed E-state index contributed by atoms with van der Waals surface area (Å²) in [6.07, 6.45) is 4.73. The Bertz CT molecular complexity index is 1560. The van der Waals surface area contributed by atoms with Crippen LogP contribution in [-0.4, -0.2) is 55.6 Å². The summed E-state index contributed by atoms with van der Waals surface area (Å²) in [5, 5.41) is 1.80. The first-order valence-corrected chi connectivity index (χ1v) is 29.4. The predicted molar refractivity (Wildman–Crippen MR) is 235 cm³/mol. The van der Waals surface area contributed by atoms with Gasteiger partial charge in [0, 0.05) is 11.5 Å². The van der Waals surface area contributed by atoms with Crippen LogP contribution < -0.4 is 17.2 Å². The van der Waals surface area contributed by atoms with E-state index in [1.807, 2.05) is 54.9 Å². The van der Waals surface area contributed by atoms with Gasteiger partial charge in [0.25, 0.3) is 0 Å². The van der Waals surface area contributed by atoms with Gasteiger partial charge in [0.1, 0.15) is 5.69 Å². The molecule has 0 bridgehead atoms. The number of hydrogen-bond acceptors (Lipinski definition) is 13. The molecule has 3 heterocycles. The van der Waals surface area contributed by atoms with Crippen LogP contribution in [0.25, 0.3) is 0 Å². The monoisotopic (exact) mass is 961 g/mol. The summed E-state index contributed by atoms with van der Waals surface area (Å²) in [5.41, 5.74) is 22.4. The fraction of sp³-hybridized carbons (Fsp3) is 0.639. The number of nitrogens with zero attached hydrogens (tertiary/aromatic N) is 6. The minimum atomic E-state index is -3.42. The van der Waals surface area contributed by atoms with Crippen molar-refractivity contribution in [2.45, 2.75) is 148 Å². The third kappa shape index (κ3) is 19.4. The minimum absolute atomic E-state index is 0.0615. The molecule has 0 aliphatic carbocycles. The van der Waals surface area contributed by atoms with E-state index in [1.54, 1.807) is 11.8 Å². The van der Waals surface area contributed by atoms with Gasteiger partial charge in [-0.05, 0) is 42.9 Å². The third-order valence-electron chi connectivity index (χ3n) is 6.61. The number of halogens is 3. The molecule has 0 amide bonds. The van der Waals surface area contributed by atoms with E-state index in [-0.39, 0.29) is 38.7 Å². The Labute approximate surface area is 361 Å². The van der Waals surface area contributed by atoms with E-state index in [1.165, 1.54) is 28.1 Å². The van der Waals surface area contributed by atoms with Crippen LogP contribution in [-0.2, 0) is 26.2 Å². The predicted octanol–water partition coefficient (Wildman–Crippen LogP) is 11.2. The summed E-state index contributed by atoms with van der Waals surface area (Å²) in [6, 6.07) is 0. The van der Waals surface area contributed by atoms with Crippen LogP contribution in [0.15, 0.2) is 15.5 Å². The van der Waals surface area contributed by atoms with Gasteiger partial charge in [0.05, 0.1) is 39.9 Å². The van der Waals surface area contributed by atoms with E-state index in [0.717, 1.165) is 46.6 Å². The Kier molecular flexibility index (Phi) is 29.8. The van der Waals surface area contributed by atoms with Crippen molar-refractivity contribution in [2.75, 3.05) is 34.5 Å². The molecule has 3 aromatic heterocycles. The van der Waals surface area contributed by atoms with Crippen LogP contribution in [0.4, 0.5) is 17.1 Å². The quantitative estimate of drug-likeness (QED) is 0.0483. The molecule has 18 heteroatoms. The molecule has 0 saturated carbocycles. The Balaban J connectivity index is 0. The van der Waals surface area contributed by atoms with E-state index in [2.05, 4.69) is 85.1 Å². The molecule has 0 atom stereocenters. The average Bonchev–Trinajstić information content (AvgIpc) is 3.10. The summed E-state index contributed by atoms with van der Waals surface area (Å²) in [7, 11) is -3.42. The van der Waals surface area contributed by atoms with Gasteiger partial charge in [0.2, 0.25) is 15.0 Å². The third-order valence-corrected chi connectivity index (χ3v) is 11.0. The van der Waals surface area contributed by atoms with E-state index in [9.17, 15) is 8.42 Å². The van der Waals surface area contributed by atoms with Crippen molar-refractivity contribution in [3.8, 4) is 0 Å². The molecule has 3 aromatic rings. The summed E-state index contributed by atoms with van der Waals surface area (Å²) < 4.78 is 24.3. The van der Waals surface area contributed by atoms with Gasteiger partial charge in [-0.2, -0.15) is 13.8 Å². The first-order chi connectivity index (χ1) is 25.2. The molecule has 304 valence electrons. The molecular formula is C36H62BrCl2N9O2S3Zn. The number of thioether (sulfide) groups is 2. The fourth-order valence-corrected chi connectivity index (χ4v) is 7.23. The Morgan fingerprint density at radius 1 is 0.611 bits per heavy atom. The molecule has 3 rings (SSSR count). The zero-order chi connectivity index (χ0) is 42.3. The molecule has 54 heavy (non-hydrogen) atoms. The maximum atomic E-state index is 12.1. The fourth-order valence-electron chi connectivity index (χ4n) is 4.14. The SMILES string of the molecule is CCCS(=O)(=O)c1nc(C(C)C)c(N)c(C(C)C)n1.CCCSc1nc(C(C)C)c(N)c(C(C)C)n1.CCCSc1nc(Cl)c(N)c(Cl)n1.C[CH-]C.[Zn+][Br]. The number of nitrogen functional groups attached to an aromatic ring is 3. The standard InChI is InChI=1S/C13H23N3O2S.C13H23N3S.C7H9Cl2N3S.C3H7.BrH.Zn/c1-6-7-19(17,18)13-15-11(8(2)3)10(14)12(16-13)9(4)5;1-6-7-17-13-15-11(8(2)3)10(14)12(16-13)9(4)5;1-2-3-13-7-11-5(8)4(10)6(9)12-7;1-3-2;;/h8-9H,6-7,14H2,1-5H3;8-9H,6-7,14H2,1-5H3;2-3,10H2,1H3;3H,1-2H3;1H;/q;;;-1;;+2/p-1. The number of rotatable bonds is 13. The molecule has 0 fully saturated rings. The normalized spacial score (nSPS) is 10.9. The van der Waals surface area contributed by atoms with Crippen LogP contribution in [0.2, 0.25) is 10.3 Å². The topological polar surface area (TPSA) is 190 Å². The van der Waals surface area contributed by atoms with Crippen molar-refractivity contribution < 1.29 is 24.8 Å². The number of anilines is 3. The van der Waals surface area contributed by atoms with Crippen molar-refractivity contribution in [1.29, 1.82) is 0 Å². The molecule has 0 aromatic carbocycles. The van der Waals surface area contributed by atoms with Gasteiger partial charge in [-0.15, -0.1) is 0 Å². The molecule has 0 aliphatic rings.